The number of ether oxygens (including phenoxy) is 1. The molecule has 1 saturated heterocycles. The highest BCUT2D eigenvalue weighted by atomic mass is 16.5. The molecule has 0 spiro atoms. The van der Waals surface area contributed by atoms with Crippen LogP contribution in [0.25, 0.3) is 0 Å². The summed E-state index contributed by atoms with van der Waals surface area (Å²) in [4.78, 5) is 5.11. The Kier molecular flexibility index (Phi) is 4.16. The molecule has 3 heteroatoms. The van der Waals surface area contributed by atoms with Gasteiger partial charge < -0.3 is 4.74 Å². The molecule has 3 nitrogen and oxygen atoms in total. The predicted molar refractivity (Wildman–Crippen MR) is 77.4 cm³/mol. The van der Waals surface area contributed by atoms with Crippen molar-refractivity contribution in [2.24, 2.45) is 0 Å². The summed E-state index contributed by atoms with van der Waals surface area (Å²) in [6, 6.07) is 6.91. The smallest absolute Gasteiger partial charge is 0.0594 e. The lowest BCUT2D eigenvalue weighted by molar-refractivity contribution is 0.0327. The molecule has 0 atom stereocenters. The Balaban J connectivity index is 1.52. The van der Waals surface area contributed by atoms with Crippen LogP contribution in [-0.2, 0) is 17.7 Å². The first-order chi connectivity index (χ1) is 9.31. The van der Waals surface area contributed by atoms with Gasteiger partial charge in [0.25, 0.3) is 0 Å². The monoisotopic (exact) mass is 260 g/mol. The molecule has 0 radical (unpaired) electrons. The molecule has 104 valence electrons. The lowest BCUT2D eigenvalue weighted by Gasteiger charge is -2.32. The van der Waals surface area contributed by atoms with Crippen LogP contribution in [-0.4, -0.2) is 55.7 Å². The Hall–Kier alpha value is -0.900. The van der Waals surface area contributed by atoms with E-state index in [1.54, 1.807) is 5.56 Å². The molecule has 3 rings (SSSR count). The predicted octanol–water partition coefficient (Wildman–Crippen LogP) is 1.69. The highest BCUT2D eigenvalue weighted by molar-refractivity contribution is 5.33. The third-order valence-corrected chi connectivity index (χ3v) is 4.29. The van der Waals surface area contributed by atoms with Crippen molar-refractivity contribution in [2.75, 3.05) is 45.9 Å². The van der Waals surface area contributed by atoms with E-state index in [0.717, 1.165) is 32.8 Å². The Labute approximate surface area is 116 Å². The average Bonchev–Trinajstić information content (AvgIpc) is 2.46. The summed E-state index contributed by atoms with van der Waals surface area (Å²) in [6.45, 7) is 10.9. The zero-order valence-electron chi connectivity index (χ0n) is 11.9. The fourth-order valence-corrected chi connectivity index (χ4v) is 3.04. The van der Waals surface area contributed by atoms with Gasteiger partial charge in [-0.15, -0.1) is 0 Å². The zero-order valence-corrected chi connectivity index (χ0v) is 11.9. The SMILES string of the molecule is Cc1ccc2c(c1)CCN(CCN1CCOCC1)C2. The van der Waals surface area contributed by atoms with Crippen molar-refractivity contribution in [2.45, 2.75) is 19.9 Å². The quantitative estimate of drug-likeness (QED) is 0.822. The maximum Gasteiger partial charge on any atom is 0.0594 e. The Morgan fingerprint density at radius 3 is 2.63 bits per heavy atom. The van der Waals surface area contributed by atoms with Crippen LogP contribution in [0.2, 0.25) is 0 Å². The summed E-state index contributed by atoms with van der Waals surface area (Å²) in [5.41, 5.74) is 4.47. The summed E-state index contributed by atoms with van der Waals surface area (Å²) in [5.74, 6) is 0. The number of rotatable bonds is 3. The van der Waals surface area contributed by atoms with Crippen molar-refractivity contribution in [3.05, 3.63) is 34.9 Å². The molecular weight excluding hydrogens is 236 g/mol. The van der Waals surface area contributed by atoms with E-state index in [1.807, 2.05) is 0 Å². The molecular formula is C16H24N2O. The molecule has 0 aromatic heterocycles. The van der Waals surface area contributed by atoms with E-state index in [0.29, 0.717) is 0 Å². The fourth-order valence-electron chi connectivity index (χ4n) is 3.04. The summed E-state index contributed by atoms with van der Waals surface area (Å²) in [7, 11) is 0. The number of hydrogen-bond donors (Lipinski definition) is 0. The van der Waals surface area contributed by atoms with Crippen LogP contribution in [0, 0.1) is 6.92 Å². The topological polar surface area (TPSA) is 15.7 Å². The molecule has 2 heterocycles. The summed E-state index contributed by atoms with van der Waals surface area (Å²) in [5, 5.41) is 0. The van der Waals surface area contributed by atoms with Gasteiger partial charge in [0.2, 0.25) is 0 Å². The molecule has 0 N–H and O–H groups in total. The van der Waals surface area contributed by atoms with Crippen LogP contribution >= 0.6 is 0 Å². The normalized spacial score (nSPS) is 21.3. The molecule has 19 heavy (non-hydrogen) atoms. The second kappa shape index (κ2) is 6.04. The van der Waals surface area contributed by atoms with E-state index in [1.165, 1.54) is 37.2 Å². The van der Waals surface area contributed by atoms with E-state index in [2.05, 4.69) is 34.9 Å². The second-order valence-corrected chi connectivity index (χ2v) is 5.75. The van der Waals surface area contributed by atoms with Crippen LogP contribution in [0.3, 0.4) is 0 Å². The number of hydrogen-bond acceptors (Lipinski definition) is 3. The lowest BCUT2D eigenvalue weighted by atomic mass is 9.98. The fraction of sp³-hybridized carbons (Fsp3) is 0.625. The van der Waals surface area contributed by atoms with Gasteiger partial charge in [-0.1, -0.05) is 23.8 Å². The van der Waals surface area contributed by atoms with Crippen LogP contribution < -0.4 is 0 Å². The number of morpholine rings is 1. The molecule has 1 fully saturated rings. The van der Waals surface area contributed by atoms with E-state index in [4.69, 9.17) is 4.74 Å². The summed E-state index contributed by atoms with van der Waals surface area (Å²) in [6.07, 6.45) is 1.21. The van der Waals surface area contributed by atoms with Crippen LogP contribution in [0.5, 0.6) is 0 Å². The molecule has 0 unspecified atom stereocenters. The number of nitrogens with zero attached hydrogens (tertiary/aromatic N) is 2. The van der Waals surface area contributed by atoms with E-state index in [-0.39, 0.29) is 0 Å². The van der Waals surface area contributed by atoms with Gasteiger partial charge in [0.15, 0.2) is 0 Å². The minimum Gasteiger partial charge on any atom is -0.379 e. The van der Waals surface area contributed by atoms with Crippen molar-refractivity contribution in [3.63, 3.8) is 0 Å². The maximum absolute atomic E-state index is 5.39. The standard InChI is InChI=1S/C16H24N2O/c1-14-2-3-16-13-18(5-4-15(16)12-14)7-6-17-8-10-19-11-9-17/h2-3,12H,4-11,13H2,1H3. The Bertz CT molecular complexity index is 427. The van der Waals surface area contributed by atoms with Crippen LogP contribution in [0.4, 0.5) is 0 Å². The third kappa shape index (κ3) is 3.35. The molecule has 0 amide bonds. The Morgan fingerprint density at radius 1 is 1.00 bits per heavy atom. The van der Waals surface area contributed by atoms with Crippen molar-refractivity contribution in [1.29, 1.82) is 0 Å². The van der Waals surface area contributed by atoms with Gasteiger partial charge in [0, 0.05) is 39.3 Å². The first-order valence-corrected chi connectivity index (χ1v) is 7.42. The first-order valence-electron chi connectivity index (χ1n) is 7.42. The zero-order chi connectivity index (χ0) is 13.1. The second-order valence-electron chi connectivity index (χ2n) is 5.75. The van der Waals surface area contributed by atoms with Gasteiger partial charge in [0.05, 0.1) is 13.2 Å². The van der Waals surface area contributed by atoms with Crippen molar-refractivity contribution in [3.8, 4) is 0 Å². The first kappa shape index (κ1) is 13.1. The van der Waals surface area contributed by atoms with Crippen molar-refractivity contribution < 1.29 is 4.74 Å². The minimum absolute atomic E-state index is 0.905. The van der Waals surface area contributed by atoms with Gasteiger partial charge in [-0.3, -0.25) is 9.80 Å². The van der Waals surface area contributed by atoms with Gasteiger partial charge in [-0.2, -0.15) is 0 Å². The van der Waals surface area contributed by atoms with Gasteiger partial charge in [-0.05, 0) is 24.5 Å². The maximum atomic E-state index is 5.39. The summed E-state index contributed by atoms with van der Waals surface area (Å²) >= 11 is 0. The van der Waals surface area contributed by atoms with E-state index < -0.39 is 0 Å². The largest absolute Gasteiger partial charge is 0.379 e. The third-order valence-electron chi connectivity index (χ3n) is 4.29. The van der Waals surface area contributed by atoms with E-state index in [9.17, 15) is 0 Å². The van der Waals surface area contributed by atoms with Gasteiger partial charge in [-0.25, -0.2) is 0 Å². The average molecular weight is 260 g/mol. The van der Waals surface area contributed by atoms with E-state index >= 15 is 0 Å². The molecule has 1 aromatic rings. The number of fused-ring (bicyclic) bond motifs is 1. The lowest BCUT2D eigenvalue weighted by Crippen LogP contribution is -2.42. The van der Waals surface area contributed by atoms with Crippen LogP contribution in [0.15, 0.2) is 18.2 Å². The summed E-state index contributed by atoms with van der Waals surface area (Å²) < 4.78 is 5.39. The van der Waals surface area contributed by atoms with Gasteiger partial charge >= 0.3 is 0 Å². The molecule has 0 saturated carbocycles. The van der Waals surface area contributed by atoms with Gasteiger partial charge in [0.1, 0.15) is 0 Å². The number of aryl methyl sites for hydroxylation is 1. The van der Waals surface area contributed by atoms with Crippen LogP contribution in [0.1, 0.15) is 16.7 Å². The van der Waals surface area contributed by atoms with Crippen molar-refractivity contribution >= 4 is 0 Å². The molecule has 1 aromatic carbocycles. The molecule has 0 aliphatic carbocycles. The minimum atomic E-state index is 0.905. The molecule has 2 aliphatic heterocycles. The highest BCUT2D eigenvalue weighted by Crippen LogP contribution is 2.20. The Morgan fingerprint density at radius 2 is 1.79 bits per heavy atom. The number of benzene rings is 1. The highest BCUT2D eigenvalue weighted by Gasteiger charge is 2.17. The van der Waals surface area contributed by atoms with Crippen molar-refractivity contribution in [1.82, 2.24) is 9.80 Å². The molecule has 0 bridgehead atoms. The molecule has 2 aliphatic rings.